The van der Waals surface area contributed by atoms with Gasteiger partial charge in [0.15, 0.2) is 5.52 Å². The number of fused-ring (bicyclic) bond motifs is 1. The molecule has 6 heteroatoms. The van der Waals surface area contributed by atoms with Crippen LogP contribution < -0.4 is 5.56 Å². The van der Waals surface area contributed by atoms with Crippen molar-refractivity contribution in [3.63, 3.8) is 0 Å². The Morgan fingerprint density at radius 1 is 0.897 bits per heavy atom. The van der Waals surface area contributed by atoms with E-state index in [9.17, 15) is 9.59 Å². The van der Waals surface area contributed by atoms with Gasteiger partial charge in [-0.1, -0.05) is 60.7 Å². The number of rotatable bonds is 5. The van der Waals surface area contributed by atoms with Gasteiger partial charge in [-0.15, -0.1) is 0 Å². The summed E-state index contributed by atoms with van der Waals surface area (Å²) in [5.41, 5.74) is 2.64. The van der Waals surface area contributed by atoms with E-state index in [0.29, 0.717) is 17.0 Å². The maximum Gasteiger partial charge on any atom is 0.326 e. The van der Waals surface area contributed by atoms with E-state index < -0.39 is 5.97 Å². The van der Waals surface area contributed by atoms with E-state index in [2.05, 4.69) is 9.97 Å². The molecule has 0 aliphatic heterocycles. The third-order valence-electron chi connectivity index (χ3n) is 4.50. The first kappa shape index (κ1) is 18.6. The zero-order chi connectivity index (χ0) is 20.2. The van der Waals surface area contributed by atoms with Crippen molar-refractivity contribution in [2.24, 2.45) is 0 Å². The summed E-state index contributed by atoms with van der Waals surface area (Å²) in [6.45, 7) is 1.74. The van der Waals surface area contributed by atoms with Crippen molar-refractivity contribution in [2.75, 3.05) is 6.61 Å². The van der Waals surface area contributed by atoms with Crippen LogP contribution in [0.2, 0.25) is 0 Å². The average molecular weight is 385 g/mol. The number of carbonyl (C=O) groups is 1. The van der Waals surface area contributed by atoms with Gasteiger partial charge in [-0.05, 0) is 19.1 Å². The summed E-state index contributed by atoms with van der Waals surface area (Å²) >= 11 is 0. The molecular formula is C23H19N3O3. The molecule has 0 aliphatic rings. The molecule has 0 amide bonds. The summed E-state index contributed by atoms with van der Waals surface area (Å²) in [5.74, 6) is -0.0856. The lowest BCUT2D eigenvalue weighted by Gasteiger charge is -2.13. The highest BCUT2D eigenvalue weighted by atomic mass is 16.5. The summed E-state index contributed by atoms with van der Waals surface area (Å²) in [7, 11) is 0. The van der Waals surface area contributed by atoms with Crippen LogP contribution in [-0.2, 0) is 16.1 Å². The van der Waals surface area contributed by atoms with E-state index in [-0.39, 0.29) is 24.2 Å². The zero-order valence-electron chi connectivity index (χ0n) is 15.9. The number of pyridine rings is 1. The maximum atomic E-state index is 13.3. The molecule has 0 saturated carbocycles. The number of carbonyl (C=O) groups excluding carboxylic acids is 1. The van der Waals surface area contributed by atoms with Crippen molar-refractivity contribution in [3.8, 4) is 22.6 Å². The van der Waals surface area contributed by atoms with Crippen LogP contribution in [-0.4, -0.2) is 27.1 Å². The van der Waals surface area contributed by atoms with E-state index >= 15 is 0 Å². The van der Waals surface area contributed by atoms with Gasteiger partial charge in [0.2, 0.25) is 0 Å². The Balaban J connectivity index is 1.93. The highest BCUT2D eigenvalue weighted by Crippen LogP contribution is 2.21. The largest absolute Gasteiger partial charge is 0.465 e. The number of ether oxygens (including phenoxy) is 1. The maximum absolute atomic E-state index is 13.3. The van der Waals surface area contributed by atoms with Crippen molar-refractivity contribution in [2.45, 2.75) is 13.5 Å². The Morgan fingerprint density at radius 3 is 2.21 bits per heavy atom. The van der Waals surface area contributed by atoms with Crippen molar-refractivity contribution in [1.82, 2.24) is 14.5 Å². The number of aromatic nitrogens is 3. The molecule has 0 N–H and O–H groups in total. The smallest absolute Gasteiger partial charge is 0.326 e. The first-order valence-corrected chi connectivity index (χ1v) is 9.35. The van der Waals surface area contributed by atoms with Crippen LogP contribution in [0.4, 0.5) is 0 Å². The Kier molecular flexibility index (Phi) is 5.16. The van der Waals surface area contributed by atoms with E-state index in [4.69, 9.17) is 4.74 Å². The molecular weight excluding hydrogens is 366 g/mol. The fraction of sp³-hybridized carbons (Fsp3) is 0.130. The van der Waals surface area contributed by atoms with Crippen molar-refractivity contribution >= 4 is 17.0 Å². The van der Waals surface area contributed by atoms with Gasteiger partial charge in [0.25, 0.3) is 5.56 Å². The highest BCUT2D eigenvalue weighted by molar-refractivity contribution is 5.80. The summed E-state index contributed by atoms with van der Waals surface area (Å²) in [4.78, 5) is 34.6. The second kappa shape index (κ2) is 8.06. The minimum atomic E-state index is -0.493. The molecule has 0 aliphatic carbocycles. The van der Waals surface area contributed by atoms with Gasteiger partial charge in [0.1, 0.15) is 12.4 Å². The number of hydrogen-bond acceptors (Lipinski definition) is 5. The zero-order valence-corrected chi connectivity index (χ0v) is 15.9. The van der Waals surface area contributed by atoms with Crippen LogP contribution in [0.25, 0.3) is 33.7 Å². The first-order valence-electron chi connectivity index (χ1n) is 9.35. The number of nitrogens with zero attached hydrogens (tertiary/aromatic N) is 3. The van der Waals surface area contributed by atoms with Crippen LogP contribution in [0, 0.1) is 0 Å². The van der Waals surface area contributed by atoms with Crippen LogP contribution in [0.3, 0.4) is 0 Å². The lowest BCUT2D eigenvalue weighted by Crippen LogP contribution is -2.28. The summed E-state index contributed by atoms with van der Waals surface area (Å²) in [6, 6.07) is 22.5. The third kappa shape index (κ3) is 3.78. The van der Waals surface area contributed by atoms with Crippen molar-refractivity contribution in [1.29, 1.82) is 0 Å². The molecule has 0 atom stereocenters. The quantitative estimate of drug-likeness (QED) is 0.490. The van der Waals surface area contributed by atoms with Crippen LogP contribution in [0.1, 0.15) is 6.92 Å². The molecule has 2 aromatic carbocycles. The Morgan fingerprint density at radius 2 is 1.55 bits per heavy atom. The van der Waals surface area contributed by atoms with E-state index in [1.165, 1.54) is 4.57 Å². The molecule has 0 radical (unpaired) electrons. The topological polar surface area (TPSA) is 74.1 Å². The molecule has 144 valence electrons. The second-order valence-electron chi connectivity index (χ2n) is 6.43. The number of esters is 1. The molecule has 6 nitrogen and oxygen atoms in total. The molecule has 0 unspecified atom stereocenters. The SMILES string of the molecule is CCOC(=O)Cn1c(-c2ccccc2)nc2ccc(-c3ccccc3)nc2c1=O. The summed E-state index contributed by atoms with van der Waals surface area (Å²) in [6.07, 6.45) is 0. The third-order valence-corrected chi connectivity index (χ3v) is 4.50. The van der Waals surface area contributed by atoms with Crippen molar-refractivity contribution in [3.05, 3.63) is 83.2 Å². The Bertz CT molecular complexity index is 1220. The molecule has 0 spiro atoms. The molecule has 4 rings (SSSR count). The average Bonchev–Trinajstić information content (AvgIpc) is 2.77. The normalized spacial score (nSPS) is 10.8. The van der Waals surface area contributed by atoms with Crippen LogP contribution >= 0.6 is 0 Å². The lowest BCUT2D eigenvalue weighted by molar-refractivity contribution is -0.143. The van der Waals surface area contributed by atoms with Crippen LogP contribution in [0.15, 0.2) is 77.6 Å². The van der Waals surface area contributed by atoms with E-state index in [1.807, 2.05) is 66.7 Å². The minimum Gasteiger partial charge on any atom is -0.465 e. The van der Waals surface area contributed by atoms with Gasteiger partial charge in [0, 0.05) is 11.1 Å². The monoisotopic (exact) mass is 385 g/mol. The molecule has 0 bridgehead atoms. The summed E-state index contributed by atoms with van der Waals surface area (Å²) < 4.78 is 6.38. The number of benzene rings is 2. The molecule has 29 heavy (non-hydrogen) atoms. The minimum absolute atomic E-state index is 0.218. The second-order valence-corrected chi connectivity index (χ2v) is 6.43. The standard InChI is InChI=1S/C23H19N3O3/c1-2-29-20(27)15-26-22(17-11-7-4-8-12-17)25-19-14-13-18(24-21(19)23(26)28)16-9-5-3-6-10-16/h3-14H,2,15H2,1H3. The molecule has 4 aromatic rings. The van der Waals surface area contributed by atoms with Gasteiger partial charge in [-0.25, -0.2) is 9.97 Å². The lowest BCUT2D eigenvalue weighted by atomic mass is 10.1. The number of hydrogen-bond donors (Lipinski definition) is 0. The predicted octanol–water partition coefficient (Wildman–Crippen LogP) is 3.69. The van der Waals surface area contributed by atoms with Gasteiger partial charge >= 0.3 is 5.97 Å². The van der Waals surface area contributed by atoms with Gasteiger partial charge in [-0.2, -0.15) is 0 Å². The van der Waals surface area contributed by atoms with Gasteiger partial charge in [0.05, 0.1) is 17.8 Å². The highest BCUT2D eigenvalue weighted by Gasteiger charge is 2.17. The molecule has 2 aromatic heterocycles. The van der Waals surface area contributed by atoms with Gasteiger partial charge in [-0.3, -0.25) is 14.2 Å². The summed E-state index contributed by atoms with van der Waals surface area (Å²) in [5, 5.41) is 0. The molecule has 2 heterocycles. The molecule has 0 saturated heterocycles. The van der Waals surface area contributed by atoms with Crippen LogP contribution in [0.5, 0.6) is 0 Å². The first-order chi connectivity index (χ1) is 14.2. The van der Waals surface area contributed by atoms with E-state index in [1.54, 1.807) is 13.0 Å². The van der Waals surface area contributed by atoms with E-state index in [0.717, 1.165) is 11.1 Å². The molecule has 0 fully saturated rings. The Labute approximate surface area is 167 Å². The van der Waals surface area contributed by atoms with Crippen molar-refractivity contribution < 1.29 is 9.53 Å². The predicted molar refractivity (Wildman–Crippen MR) is 111 cm³/mol. The fourth-order valence-electron chi connectivity index (χ4n) is 3.16. The fourth-order valence-corrected chi connectivity index (χ4v) is 3.16. The Hall–Kier alpha value is -3.80. The van der Waals surface area contributed by atoms with Gasteiger partial charge < -0.3 is 4.74 Å².